The van der Waals surface area contributed by atoms with Gasteiger partial charge in [0.25, 0.3) is 0 Å². The van der Waals surface area contributed by atoms with Crippen LogP contribution in [0.5, 0.6) is 0 Å². The van der Waals surface area contributed by atoms with Crippen molar-refractivity contribution in [3.05, 3.63) is 22.4 Å². The van der Waals surface area contributed by atoms with E-state index in [1.807, 2.05) is 0 Å². The van der Waals surface area contributed by atoms with Crippen LogP contribution in [0.25, 0.3) is 0 Å². The summed E-state index contributed by atoms with van der Waals surface area (Å²) in [5.41, 5.74) is 3.80. The first-order valence-corrected chi connectivity index (χ1v) is 6.51. The second-order valence-electron chi connectivity index (χ2n) is 3.64. The molecule has 1 atom stereocenters. The third-order valence-electron chi connectivity index (χ3n) is 2.31. The summed E-state index contributed by atoms with van der Waals surface area (Å²) in [6.45, 7) is 3.47. The van der Waals surface area contributed by atoms with Gasteiger partial charge in [0.2, 0.25) is 5.96 Å². The van der Waals surface area contributed by atoms with Crippen molar-refractivity contribution in [2.75, 3.05) is 20.3 Å². The molecule has 0 radical (unpaired) electrons. The Labute approximate surface area is 106 Å². The molecule has 4 N–H and O–H groups in total. The Morgan fingerprint density at radius 2 is 2.47 bits per heavy atom. The van der Waals surface area contributed by atoms with Gasteiger partial charge in [-0.3, -0.25) is 10.4 Å². The van der Waals surface area contributed by atoms with Gasteiger partial charge in [0, 0.05) is 20.3 Å². The molecule has 0 bridgehead atoms. The van der Waals surface area contributed by atoms with E-state index in [0.717, 1.165) is 6.42 Å². The van der Waals surface area contributed by atoms with E-state index in [1.54, 1.807) is 18.4 Å². The molecule has 0 saturated heterocycles. The first-order valence-electron chi connectivity index (χ1n) is 5.56. The highest BCUT2D eigenvalue weighted by atomic mass is 32.1. The lowest BCUT2D eigenvalue weighted by Crippen LogP contribution is -2.42. The van der Waals surface area contributed by atoms with Gasteiger partial charge in [-0.15, -0.1) is 0 Å². The number of thiophene rings is 1. The van der Waals surface area contributed by atoms with E-state index in [0.29, 0.717) is 19.1 Å². The number of methoxy groups -OCH3 is 1. The minimum absolute atomic E-state index is 0.193. The van der Waals surface area contributed by atoms with Gasteiger partial charge in [-0.2, -0.15) is 11.3 Å². The minimum atomic E-state index is 0.193. The molecule has 0 fully saturated rings. The van der Waals surface area contributed by atoms with Crippen molar-refractivity contribution >= 4 is 17.3 Å². The molecule has 17 heavy (non-hydrogen) atoms. The zero-order valence-electron chi connectivity index (χ0n) is 10.3. The topological polar surface area (TPSA) is 71.7 Å². The molecule has 0 aliphatic carbocycles. The Hall–Kier alpha value is -1.11. The lowest BCUT2D eigenvalue weighted by atomic mass is 10.2. The Kier molecular flexibility index (Phi) is 6.61. The van der Waals surface area contributed by atoms with E-state index in [2.05, 4.69) is 39.5 Å². The summed E-state index contributed by atoms with van der Waals surface area (Å²) < 4.78 is 4.96. The predicted octanol–water partition coefficient (Wildman–Crippen LogP) is 1.25. The van der Waals surface area contributed by atoms with Crippen LogP contribution in [0, 0.1) is 0 Å². The van der Waals surface area contributed by atoms with Gasteiger partial charge in [0.1, 0.15) is 0 Å². The molecule has 0 aromatic carbocycles. The van der Waals surface area contributed by atoms with Crippen molar-refractivity contribution in [3.8, 4) is 0 Å². The summed E-state index contributed by atoms with van der Waals surface area (Å²) in [5, 5.41) is 7.39. The number of hydrogen-bond acceptors (Lipinski definition) is 4. The average molecular weight is 256 g/mol. The third-order valence-corrected chi connectivity index (χ3v) is 3.01. The van der Waals surface area contributed by atoms with Crippen molar-refractivity contribution in [1.82, 2.24) is 10.7 Å². The zero-order chi connectivity index (χ0) is 12.5. The van der Waals surface area contributed by atoms with Crippen molar-refractivity contribution in [2.24, 2.45) is 10.8 Å². The molecule has 1 aromatic heterocycles. The maximum absolute atomic E-state index is 5.42. The van der Waals surface area contributed by atoms with Gasteiger partial charge < -0.3 is 10.1 Å². The number of hydrogen-bond donors (Lipinski definition) is 3. The molecular formula is C11H20N4OS. The second kappa shape index (κ2) is 8.05. The SMILES string of the molecule is COCCCN=C(NN)NC(C)c1ccsc1. The Balaban J connectivity index is 2.40. The van der Waals surface area contributed by atoms with Gasteiger partial charge >= 0.3 is 0 Å². The van der Waals surface area contributed by atoms with Crippen molar-refractivity contribution in [3.63, 3.8) is 0 Å². The lowest BCUT2D eigenvalue weighted by Gasteiger charge is -2.15. The number of guanidine groups is 1. The quantitative estimate of drug-likeness (QED) is 0.235. The first kappa shape index (κ1) is 14.0. The standard InChI is InChI=1S/C11H20N4OS/c1-9(10-4-7-17-8-10)14-11(15-12)13-5-3-6-16-2/h4,7-9H,3,5-6,12H2,1-2H3,(H2,13,14,15). The van der Waals surface area contributed by atoms with E-state index >= 15 is 0 Å². The molecule has 0 aliphatic heterocycles. The molecule has 5 nitrogen and oxygen atoms in total. The predicted molar refractivity (Wildman–Crippen MR) is 72.0 cm³/mol. The zero-order valence-corrected chi connectivity index (χ0v) is 11.1. The summed E-state index contributed by atoms with van der Waals surface area (Å²) in [7, 11) is 1.68. The summed E-state index contributed by atoms with van der Waals surface area (Å²) in [6.07, 6.45) is 0.885. The summed E-state index contributed by atoms with van der Waals surface area (Å²) in [5.74, 6) is 6.03. The molecule has 0 saturated carbocycles. The number of hydrazine groups is 1. The lowest BCUT2D eigenvalue weighted by molar-refractivity contribution is 0.197. The van der Waals surface area contributed by atoms with Gasteiger partial charge in [0.15, 0.2) is 0 Å². The highest BCUT2D eigenvalue weighted by molar-refractivity contribution is 7.07. The van der Waals surface area contributed by atoms with Crippen LogP contribution in [0.1, 0.15) is 24.9 Å². The van der Waals surface area contributed by atoms with Gasteiger partial charge in [-0.25, -0.2) is 5.84 Å². The fraction of sp³-hybridized carbons (Fsp3) is 0.545. The maximum atomic E-state index is 5.42. The van der Waals surface area contributed by atoms with Crippen LogP contribution >= 0.6 is 11.3 Å². The summed E-state index contributed by atoms with van der Waals surface area (Å²) in [6, 6.07) is 2.28. The molecule has 0 amide bonds. The first-order chi connectivity index (χ1) is 8.27. The van der Waals surface area contributed by atoms with E-state index in [-0.39, 0.29) is 6.04 Å². The highest BCUT2D eigenvalue weighted by Gasteiger charge is 2.06. The Morgan fingerprint density at radius 1 is 1.65 bits per heavy atom. The van der Waals surface area contributed by atoms with Crippen LogP contribution < -0.4 is 16.6 Å². The monoisotopic (exact) mass is 256 g/mol. The van der Waals surface area contributed by atoms with E-state index < -0.39 is 0 Å². The molecule has 1 rings (SSSR count). The molecule has 1 heterocycles. The van der Waals surface area contributed by atoms with E-state index in [9.17, 15) is 0 Å². The number of nitrogens with one attached hydrogen (secondary N) is 2. The minimum Gasteiger partial charge on any atom is -0.385 e. The van der Waals surface area contributed by atoms with Crippen molar-refractivity contribution in [1.29, 1.82) is 0 Å². The van der Waals surface area contributed by atoms with Gasteiger partial charge in [0.05, 0.1) is 6.04 Å². The van der Waals surface area contributed by atoms with E-state index in [1.165, 1.54) is 5.56 Å². The highest BCUT2D eigenvalue weighted by Crippen LogP contribution is 2.14. The fourth-order valence-corrected chi connectivity index (χ4v) is 2.10. The summed E-state index contributed by atoms with van der Waals surface area (Å²) >= 11 is 1.68. The average Bonchev–Trinajstić information content (AvgIpc) is 2.86. The molecule has 96 valence electrons. The van der Waals surface area contributed by atoms with Crippen molar-refractivity contribution < 1.29 is 4.74 Å². The van der Waals surface area contributed by atoms with Gasteiger partial charge in [-0.1, -0.05) is 0 Å². The maximum Gasteiger partial charge on any atom is 0.206 e. The van der Waals surface area contributed by atoms with Crippen LogP contribution in [0.4, 0.5) is 0 Å². The third kappa shape index (κ3) is 5.16. The molecule has 1 aromatic rings. The number of nitrogens with two attached hydrogens (primary N) is 1. The molecule has 6 heteroatoms. The number of nitrogens with zero attached hydrogens (tertiary/aromatic N) is 1. The normalized spacial score (nSPS) is 13.5. The van der Waals surface area contributed by atoms with Crippen LogP contribution in [0.15, 0.2) is 21.8 Å². The Morgan fingerprint density at radius 3 is 3.06 bits per heavy atom. The molecule has 1 unspecified atom stereocenters. The van der Waals surface area contributed by atoms with Gasteiger partial charge in [-0.05, 0) is 35.7 Å². The van der Waals surface area contributed by atoms with Crippen LogP contribution in [-0.2, 0) is 4.74 Å². The Bertz CT molecular complexity index is 326. The number of rotatable bonds is 6. The molecular weight excluding hydrogens is 236 g/mol. The van der Waals surface area contributed by atoms with Crippen LogP contribution in [0.3, 0.4) is 0 Å². The van der Waals surface area contributed by atoms with Crippen LogP contribution in [0.2, 0.25) is 0 Å². The smallest absolute Gasteiger partial charge is 0.206 e. The summed E-state index contributed by atoms with van der Waals surface area (Å²) in [4.78, 5) is 4.32. The molecule has 0 aliphatic rings. The number of aliphatic imine (C=N–C) groups is 1. The fourth-order valence-electron chi connectivity index (χ4n) is 1.34. The van der Waals surface area contributed by atoms with E-state index in [4.69, 9.17) is 10.6 Å². The van der Waals surface area contributed by atoms with Crippen LogP contribution in [-0.4, -0.2) is 26.2 Å². The number of ether oxygens (including phenoxy) is 1. The second-order valence-corrected chi connectivity index (χ2v) is 4.42. The van der Waals surface area contributed by atoms with Crippen molar-refractivity contribution in [2.45, 2.75) is 19.4 Å². The largest absolute Gasteiger partial charge is 0.385 e. The molecule has 0 spiro atoms.